The SMILES string of the molecule is CCOC(=O)C(=O)NNC(=O)Cc1cc(F)cc(F)c1. The minimum absolute atomic E-state index is 0.0166. The third kappa shape index (κ3) is 5.01. The molecule has 0 atom stereocenters. The molecule has 0 spiro atoms. The molecule has 0 aliphatic rings. The number of rotatable bonds is 3. The molecule has 0 aliphatic heterocycles. The first-order valence-electron chi connectivity index (χ1n) is 5.63. The van der Waals surface area contributed by atoms with E-state index in [9.17, 15) is 23.2 Å². The second-order valence-corrected chi connectivity index (χ2v) is 3.68. The molecule has 1 aromatic carbocycles. The van der Waals surface area contributed by atoms with E-state index < -0.39 is 29.4 Å². The van der Waals surface area contributed by atoms with Gasteiger partial charge in [0.2, 0.25) is 5.91 Å². The lowest BCUT2D eigenvalue weighted by atomic mass is 10.1. The zero-order valence-electron chi connectivity index (χ0n) is 10.5. The van der Waals surface area contributed by atoms with Crippen LogP contribution >= 0.6 is 0 Å². The van der Waals surface area contributed by atoms with Crippen LogP contribution in [0.4, 0.5) is 8.78 Å². The van der Waals surface area contributed by atoms with E-state index in [0.717, 1.165) is 12.1 Å². The minimum atomic E-state index is -1.15. The van der Waals surface area contributed by atoms with Crippen LogP contribution in [0.15, 0.2) is 18.2 Å². The maximum atomic E-state index is 12.9. The largest absolute Gasteiger partial charge is 0.459 e. The average Bonchev–Trinajstić information content (AvgIpc) is 2.34. The molecule has 2 amide bonds. The summed E-state index contributed by atoms with van der Waals surface area (Å²) >= 11 is 0. The smallest absolute Gasteiger partial charge is 0.398 e. The summed E-state index contributed by atoms with van der Waals surface area (Å²) in [5.74, 6) is -4.67. The average molecular weight is 286 g/mol. The third-order valence-corrected chi connectivity index (χ3v) is 2.06. The molecule has 6 nitrogen and oxygen atoms in total. The molecule has 8 heteroatoms. The molecule has 20 heavy (non-hydrogen) atoms. The highest BCUT2D eigenvalue weighted by atomic mass is 19.1. The summed E-state index contributed by atoms with van der Waals surface area (Å²) in [5.41, 5.74) is 3.83. The molecule has 1 aromatic rings. The summed E-state index contributed by atoms with van der Waals surface area (Å²) in [6.45, 7) is 1.53. The fourth-order valence-electron chi connectivity index (χ4n) is 1.32. The van der Waals surface area contributed by atoms with Crippen molar-refractivity contribution in [3.63, 3.8) is 0 Å². The van der Waals surface area contributed by atoms with Gasteiger partial charge in [-0.1, -0.05) is 0 Å². The van der Waals surface area contributed by atoms with Gasteiger partial charge in [0, 0.05) is 6.07 Å². The van der Waals surface area contributed by atoms with Crippen molar-refractivity contribution >= 4 is 17.8 Å². The Morgan fingerprint density at radius 3 is 2.25 bits per heavy atom. The second kappa shape index (κ2) is 7.17. The van der Waals surface area contributed by atoms with Gasteiger partial charge in [0.25, 0.3) is 0 Å². The molecule has 0 aromatic heterocycles. The molecule has 1 rings (SSSR count). The Bertz CT molecular complexity index is 514. The number of nitrogens with one attached hydrogen (secondary N) is 2. The Labute approximate surface area is 113 Å². The number of halogens is 2. The van der Waals surface area contributed by atoms with Crippen molar-refractivity contribution in [3.8, 4) is 0 Å². The van der Waals surface area contributed by atoms with Gasteiger partial charge in [0.15, 0.2) is 0 Å². The van der Waals surface area contributed by atoms with Crippen LogP contribution in [0.3, 0.4) is 0 Å². The van der Waals surface area contributed by atoms with Crippen molar-refractivity contribution in [1.82, 2.24) is 10.9 Å². The summed E-state index contributed by atoms with van der Waals surface area (Å²) in [7, 11) is 0. The van der Waals surface area contributed by atoms with E-state index in [0.29, 0.717) is 6.07 Å². The number of esters is 1. The van der Waals surface area contributed by atoms with Gasteiger partial charge in [0.05, 0.1) is 13.0 Å². The molecule has 0 saturated heterocycles. The zero-order chi connectivity index (χ0) is 15.1. The van der Waals surface area contributed by atoms with Crippen LogP contribution in [0.1, 0.15) is 12.5 Å². The van der Waals surface area contributed by atoms with Crippen LogP contribution in [-0.2, 0) is 25.5 Å². The Morgan fingerprint density at radius 2 is 1.70 bits per heavy atom. The summed E-state index contributed by atoms with van der Waals surface area (Å²) in [6, 6.07) is 2.63. The van der Waals surface area contributed by atoms with E-state index >= 15 is 0 Å². The summed E-state index contributed by atoms with van der Waals surface area (Å²) < 4.78 is 30.1. The quantitative estimate of drug-likeness (QED) is 0.473. The molecule has 108 valence electrons. The lowest BCUT2D eigenvalue weighted by molar-refractivity contribution is -0.155. The Hall–Kier alpha value is -2.51. The fourth-order valence-corrected chi connectivity index (χ4v) is 1.32. The van der Waals surface area contributed by atoms with Gasteiger partial charge >= 0.3 is 11.9 Å². The number of ether oxygens (including phenoxy) is 1. The number of hydrogen-bond acceptors (Lipinski definition) is 4. The van der Waals surface area contributed by atoms with Gasteiger partial charge in [-0.15, -0.1) is 0 Å². The van der Waals surface area contributed by atoms with Gasteiger partial charge < -0.3 is 4.74 Å². The first-order chi connectivity index (χ1) is 9.42. The number of carbonyl (C=O) groups is 3. The molecule has 0 radical (unpaired) electrons. The predicted octanol–water partition coefficient (Wildman–Crippen LogP) is 0.218. The highest BCUT2D eigenvalue weighted by Crippen LogP contribution is 2.08. The van der Waals surface area contributed by atoms with E-state index in [4.69, 9.17) is 0 Å². The van der Waals surface area contributed by atoms with Gasteiger partial charge in [-0.05, 0) is 24.6 Å². The monoisotopic (exact) mass is 286 g/mol. The van der Waals surface area contributed by atoms with Crippen molar-refractivity contribution in [2.75, 3.05) is 6.61 Å². The van der Waals surface area contributed by atoms with Crippen molar-refractivity contribution in [2.24, 2.45) is 0 Å². The topological polar surface area (TPSA) is 84.5 Å². The van der Waals surface area contributed by atoms with E-state index in [2.05, 4.69) is 4.74 Å². The van der Waals surface area contributed by atoms with Gasteiger partial charge in [-0.2, -0.15) is 0 Å². The summed E-state index contributed by atoms with van der Waals surface area (Å²) in [4.78, 5) is 33.4. The van der Waals surface area contributed by atoms with Crippen molar-refractivity contribution in [3.05, 3.63) is 35.4 Å². The van der Waals surface area contributed by atoms with Crippen LogP contribution in [0, 0.1) is 11.6 Å². The van der Waals surface area contributed by atoms with E-state index in [1.54, 1.807) is 0 Å². The number of amides is 2. The van der Waals surface area contributed by atoms with E-state index in [1.165, 1.54) is 6.92 Å². The summed E-state index contributed by atoms with van der Waals surface area (Å²) in [5, 5.41) is 0. The van der Waals surface area contributed by atoms with Crippen molar-refractivity contribution in [1.29, 1.82) is 0 Å². The number of hydrogen-bond donors (Lipinski definition) is 2. The van der Waals surface area contributed by atoms with E-state index in [1.807, 2.05) is 10.9 Å². The Balaban J connectivity index is 2.48. The first kappa shape index (κ1) is 15.5. The highest BCUT2D eigenvalue weighted by molar-refractivity contribution is 6.32. The molecule has 0 heterocycles. The Morgan fingerprint density at radius 1 is 1.10 bits per heavy atom. The lowest BCUT2D eigenvalue weighted by Gasteiger charge is -2.07. The van der Waals surface area contributed by atoms with Crippen molar-refractivity contribution in [2.45, 2.75) is 13.3 Å². The van der Waals surface area contributed by atoms with Crippen LogP contribution in [-0.4, -0.2) is 24.4 Å². The summed E-state index contributed by atoms with van der Waals surface area (Å²) in [6.07, 6.45) is -0.363. The zero-order valence-corrected chi connectivity index (χ0v) is 10.5. The molecule has 2 N–H and O–H groups in total. The maximum Gasteiger partial charge on any atom is 0.398 e. The van der Waals surface area contributed by atoms with Gasteiger partial charge in [-0.25, -0.2) is 13.6 Å². The number of benzene rings is 1. The molecule has 0 aliphatic carbocycles. The minimum Gasteiger partial charge on any atom is -0.459 e. The van der Waals surface area contributed by atoms with Crippen LogP contribution in [0.25, 0.3) is 0 Å². The van der Waals surface area contributed by atoms with Crippen molar-refractivity contribution < 1.29 is 27.9 Å². The number of hydrazine groups is 1. The van der Waals surface area contributed by atoms with Crippen LogP contribution in [0.5, 0.6) is 0 Å². The second-order valence-electron chi connectivity index (χ2n) is 3.68. The predicted molar refractivity (Wildman–Crippen MR) is 63.0 cm³/mol. The molecule has 0 unspecified atom stereocenters. The van der Waals surface area contributed by atoms with Crippen LogP contribution in [0.2, 0.25) is 0 Å². The molecular weight excluding hydrogens is 274 g/mol. The van der Waals surface area contributed by atoms with Crippen LogP contribution < -0.4 is 10.9 Å². The molecule has 0 bridgehead atoms. The molecule has 0 saturated carbocycles. The fraction of sp³-hybridized carbons (Fsp3) is 0.250. The third-order valence-electron chi connectivity index (χ3n) is 2.06. The van der Waals surface area contributed by atoms with Gasteiger partial charge in [-0.3, -0.25) is 20.4 Å². The Kier molecular flexibility index (Phi) is 5.57. The van der Waals surface area contributed by atoms with E-state index in [-0.39, 0.29) is 18.6 Å². The molecule has 0 fully saturated rings. The lowest BCUT2D eigenvalue weighted by Crippen LogP contribution is -2.46. The maximum absolute atomic E-state index is 12.9. The standard InChI is InChI=1S/C12H12F2N2O4/c1-2-20-12(19)11(18)16-15-10(17)5-7-3-8(13)6-9(14)4-7/h3-4,6H,2,5H2,1H3,(H,15,17)(H,16,18). The number of carbonyl (C=O) groups excluding carboxylic acids is 3. The first-order valence-corrected chi connectivity index (χ1v) is 5.63. The molecular formula is C12H12F2N2O4. The van der Waals surface area contributed by atoms with Gasteiger partial charge in [0.1, 0.15) is 11.6 Å². The normalized spacial score (nSPS) is 9.75. The highest BCUT2D eigenvalue weighted by Gasteiger charge is 2.15.